The molecule has 4 nitrogen and oxygen atoms in total. The van der Waals surface area contributed by atoms with E-state index in [9.17, 15) is 0 Å². The lowest BCUT2D eigenvalue weighted by molar-refractivity contribution is 0.843. The van der Waals surface area contributed by atoms with Crippen LogP contribution in [0.5, 0.6) is 0 Å². The number of hydrogen-bond donors (Lipinski definition) is 1. The Morgan fingerprint density at radius 2 is 1.95 bits per heavy atom. The number of hydrogen-bond acceptors (Lipinski definition) is 4. The standard InChI is InChI=1S/C15H19ClN4/c1-4-20(5-2)14-9-10-17-15(19-14)18-13-8-6-7-12(16)11(13)3/h6-10H,4-5H2,1-3H3,(H,17,18,19). The molecule has 0 radical (unpaired) electrons. The average molecular weight is 291 g/mol. The second-order valence-electron chi connectivity index (χ2n) is 4.45. The lowest BCUT2D eigenvalue weighted by atomic mass is 10.2. The van der Waals surface area contributed by atoms with Gasteiger partial charge in [-0.1, -0.05) is 17.7 Å². The molecular weight excluding hydrogens is 272 g/mol. The lowest BCUT2D eigenvalue weighted by Gasteiger charge is -2.20. The first-order chi connectivity index (χ1) is 9.65. The number of rotatable bonds is 5. The highest BCUT2D eigenvalue weighted by atomic mass is 35.5. The minimum absolute atomic E-state index is 0.583. The number of benzene rings is 1. The van der Waals surface area contributed by atoms with Gasteiger partial charge in [-0.3, -0.25) is 0 Å². The molecule has 0 saturated heterocycles. The summed E-state index contributed by atoms with van der Waals surface area (Å²) in [6, 6.07) is 7.67. The maximum Gasteiger partial charge on any atom is 0.229 e. The fraction of sp³-hybridized carbons (Fsp3) is 0.333. The molecular formula is C15H19ClN4. The second kappa shape index (κ2) is 6.57. The van der Waals surface area contributed by atoms with Gasteiger partial charge in [0.25, 0.3) is 0 Å². The molecule has 106 valence electrons. The lowest BCUT2D eigenvalue weighted by Crippen LogP contribution is -2.23. The zero-order valence-corrected chi connectivity index (χ0v) is 12.8. The van der Waals surface area contributed by atoms with Crippen molar-refractivity contribution in [2.45, 2.75) is 20.8 Å². The molecule has 0 fully saturated rings. The minimum Gasteiger partial charge on any atom is -0.357 e. The van der Waals surface area contributed by atoms with Gasteiger partial charge in [-0.2, -0.15) is 4.98 Å². The summed E-state index contributed by atoms with van der Waals surface area (Å²) in [4.78, 5) is 11.0. The van der Waals surface area contributed by atoms with Crippen molar-refractivity contribution in [1.82, 2.24) is 9.97 Å². The Morgan fingerprint density at radius 1 is 1.20 bits per heavy atom. The van der Waals surface area contributed by atoms with E-state index in [2.05, 4.69) is 34.0 Å². The van der Waals surface area contributed by atoms with Crippen molar-refractivity contribution >= 4 is 29.1 Å². The molecule has 0 aliphatic rings. The van der Waals surface area contributed by atoms with Crippen molar-refractivity contribution in [1.29, 1.82) is 0 Å². The average Bonchev–Trinajstić information content (AvgIpc) is 2.46. The van der Waals surface area contributed by atoms with Gasteiger partial charge >= 0.3 is 0 Å². The summed E-state index contributed by atoms with van der Waals surface area (Å²) in [5.41, 5.74) is 1.92. The molecule has 5 heteroatoms. The quantitative estimate of drug-likeness (QED) is 0.903. The Hall–Kier alpha value is -1.81. The molecule has 0 aliphatic heterocycles. The summed E-state index contributed by atoms with van der Waals surface area (Å²) in [5, 5.41) is 3.95. The van der Waals surface area contributed by atoms with Crippen LogP contribution >= 0.6 is 11.6 Å². The summed E-state index contributed by atoms with van der Waals surface area (Å²) in [7, 11) is 0. The molecule has 0 spiro atoms. The monoisotopic (exact) mass is 290 g/mol. The van der Waals surface area contributed by atoms with Gasteiger partial charge in [-0.15, -0.1) is 0 Å². The van der Waals surface area contributed by atoms with E-state index in [0.717, 1.165) is 35.2 Å². The Labute approximate surface area is 124 Å². The number of nitrogens with one attached hydrogen (secondary N) is 1. The van der Waals surface area contributed by atoms with Crippen LogP contribution in [0.25, 0.3) is 0 Å². The topological polar surface area (TPSA) is 41.1 Å². The van der Waals surface area contributed by atoms with Crippen LogP contribution in [0.4, 0.5) is 17.5 Å². The molecule has 2 aromatic rings. The van der Waals surface area contributed by atoms with Gasteiger partial charge in [0, 0.05) is 30.0 Å². The predicted molar refractivity (Wildman–Crippen MR) is 85.1 cm³/mol. The van der Waals surface area contributed by atoms with E-state index in [1.807, 2.05) is 31.2 Å². The molecule has 2 rings (SSSR count). The van der Waals surface area contributed by atoms with E-state index in [1.54, 1.807) is 6.20 Å². The van der Waals surface area contributed by atoms with Crippen LogP contribution in [0.1, 0.15) is 19.4 Å². The Morgan fingerprint density at radius 3 is 2.65 bits per heavy atom. The van der Waals surface area contributed by atoms with Crippen molar-refractivity contribution in [3.63, 3.8) is 0 Å². The number of aromatic nitrogens is 2. The van der Waals surface area contributed by atoms with Gasteiger partial charge in [0.1, 0.15) is 5.82 Å². The smallest absolute Gasteiger partial charge is 0.229 e. The van der Waals surface area contributed by atoms with Crippen molar-refractivity contribution in [2.24, 2.45) is 0 Å². The van der Waals surface area contributed by atoms with Gasteiger partial charge in [-0.05, 0) is 44.5 Å². The molecule has 1 aromatic carbocycles. The van der Waals surface area contributed by atoms with Crippen LogP contribution in [-0.2, 0) is 0 Å². The third-order valence-electron chi connectivity index (χ3n) is 3.24. The molecule has 0 bridgehead atoms. The first-order valence-electron chi connectivity index (χ1n) is 6.75. The summed E-state index contributed by atoms with van der Waals surface area (Å²) in [6.45, 7) is 8.03. The molecule has 1 aromatic heterocycles. The van der Waals surface area contributed by atoms with E-state index in [1.165, 1.54) is 0 Å². The van der Waals surface area contributed by atoms with Gasteiger partial charge in [-0.25, -0.2) is 4.98 Å². The number of nitrogens with zero attached hydrogens (tertiary/aromatic N) is 3. The first kappa shape index (κ1) is 14.6. The van der Waals surface area contributed by atoms with E-state index >= 15 is 0 Å². The normalized spacial score (nSPS) is 10.4. The molecule has 1 N–H and O–H groups in total. The molecule has 0 atom stereocenters. The third kappa shape index (κ3) is 3.20. The van der Waals surface area contributed by atoms with E-state index in [-0.39, 0.29) is 0 Å². The molecule has 0 aliphatic carbocycles. The Balaban J connectivity index is 2.26. The zero-order valence-electron chi connectivity index (χ0n) is 12.0. The maximum absolute atomic E-state index is 6.12. The van der Waals surface area contributed by atoms with Crippen molar-refractivity contribution in [3.8, 4) is 0 Å². The van der Waals surface area contributed by atoms with Gasteiger partial charge < -0.3 is 10.2 Å². The first-order valence-corrected chi connectivity index (χ1v) is 7.13. The summed E-state index contributed by atoms with van der Waals surface area (Å²) >= 11 is 6.12. The van der Waals surface area contributed by atoms with Crippen LogP contribution in [0.3, 0.4) is 0 Å². The Bertz CT molecular complexity index is 582. The highest BCUT2D eigenvalue weighted by molar-refractivity contribution is 6.31. The third-order valence-corrected chi connectivity index (χ3v) is 3.65. The minimum atomic E-state index is 0.583. The SMILES string of the molecule is CCN(CC)c1ccnc(Nc2cccc(Cl)c2C)n1. The van der Waals surface area contributed by atoms with E-state index in [4.69, 9.17) is 11.6 Å². The zero-order chi connectivity index (χ0) is 14.5. The van der Waals surface area contributed by atoms with E-state index in [0.29, 0.717) is 5.95 Å². The fourth-order valence-corrected chi connectivity index (χ4v) is 2.17. The summed E-state index contributed by atoms with van der Waals surface area (Å²) in [6.07, 6.45) is 1.77. The predicted octanol–water partition coefficient (Wildman–Crippen LogP) is 4.03. The van der Waals surface area contributed by atoms with Gasteiger partial charge in [0.05, 0.1) is 0 Å². The van der Waals surface area contributed by atoms with Crippen molar-refractivity contribution in [2.75, 3.05) is 23.3 Å². The van der Waals surface area contributed by atoms with Crippen LogP contribution in [-0.4, -0.2) is 23.1 Å². The van der Waals surface area contributed by atoms with E-state index < -0.39 is 0 Å². The van der Waals surface area contributed by atoms with Crippen LogP contribution in [0.2, 0.25) is 5.02 Å². The molecule has 0 unspecified atom stereocenters. The molecule has 1 heterocycles. The largest absolute Gasteiger partial charge is 0.357 e. The maximum atomic E-state index is 6.12. The summed E-state index contributed by atoms with van der Waals surface area (Å²) in [5.74, 6) is 1.51. The van der Waals surface area contributed by atoms with Gasteiger partial charge in [0.2, 0.25) is 5.95 Å². The summed E-state index contributed by atoms with van der Waals surface area (Å²) < 4.78 is 0. The van der Waals surface area contributed by atoms with Crippen molar-refractivity contribution in [3.05, 3.63) is 41.0 Å². The fourth-order valence-electron chi connectivity index (χ4n) is 2.00. The highest BCUT2D eigenvalue weighted by Gasteiger charge is 2.07. The Kier molecular flexibility index (Phi) is 4.79. The number of halogens is 1. The van der Waals surface area contributed by atoms with Crippen LogP contribution in [0.15, 0.2) is 30.5 Å². The second-order valence-corrected chi connectivity index (χ2v) is 4.86. The number of anilines is 3. The molecule has 0 saturated carbocycles. The van der Waals surface area contributed by atoms with Crippen LogP contribution in [0, 0.1) is 6.92 Å². The van der Waals surface area contributed by atoms with Crippen molar-refractivity contribution < 1.29 is 0 Å². The molecule has 0 amide bonds. The van der Waals surface area contributed by atoms with Crippen LogP contribution < -0.4 is 10.2 Å². The highest BCUT2D eigenvalue weighted by Crippen LogP contribution is 2.25. The van der Waals surface area contributed by atoms with Gasteiger partial charge in [0.15, 0.2) is 0 Å². The molecule has 20 heavy (non-hydrogen) atoms.